The van der Waals surface area contributed by atoms with E-state index in [9.17, 15) is 14.5 Å². The summed E-state index contributed by atoms with van der Waals surface area (Å²) < 4.78 is 19.4. The lowest BCUT2D eigenvalue weighted by Crippen LogP contribution is -1.95. The number of nitro benzene ring substituents is 1. The molecule has 0 amide bonds. The zero-order chi connectivity index (χ0) is 14.0. The van der Waals surface area contributed by atoms with Gasteiger partial charge >= 0.3 is 5.69 Å². The van der Waals surface area contributed by atoms with Gasteiger partial charge in [-0.1, -0.05) is 22.0 Å². The van der Waals surface area contributed by atoms with Gasteiger partial charge in [-0.2, -0.15) is 0 Å². The molecular weight excluding hydrogens is 317 g/mol. The number of hydrogen-bond acceptors (Lipinski definition) is 3. The number of benzene rings is 2. The second-order valence-corrected chi connectivity index (χ2v) is 4.80. The van der Waals surface area contributed by atoms with Gasteiger partial charge in [-0.25, -0.2) is 4.39 Å². The van der Waals surface area contributed by atoms with Gasteiger partial charge in [0, 0.05) is 16.6 Å². The van der Waals surface area contributed by atoms with Crippen molar-refractivity contribution in [2.45, 2.75) is 6.92 Å². The van der Waals surface area contributed by atoms with E-state index in [4.69, 9.17) is 4.74 Å². The third-order valence-electron chi connectivity index (χ3n) is 2.49. The van der Waals surface area contributed by atoms with E-state index in [0.717, 1.165) is 28.2 Å². The molecule has 0 bridgehead atoms. The lowest BCUT2D eigenvalue weighted by Gasteiger charge is -2.09. The van der Waals surface area contributed by atoms with Crippen LogP contribution in [-0.2, 0) is 0 Å². The molecule has 0 saturated heterocycles. The van der Waals surface area contributed by atoms with Crippen LogP contribution < -0.4 is 4.74 Å². The second-order valence-electron chi connectivity index (χ2n) is 3.88. The SMILES string of the molecule is Cc1ccc(Br)cc1Oc1cc(F)ccc1[N+](=O)[O-]. The van der Waals surface area contributed by atoms with Crippen molar-refractivity contribution in [3.63, 3.8) is 0 Å². The van der Waals surface area contributed by atoms with E-state index < -0.39 is 10.7 Å². The Kier molecular flexibility index (Phi) is 3.80. The van der Waals surface area contributed by atoms with Crippen molar-refractivity contribution in [3.8, 4) is 11.5 Å². The first-order valence-corrected chi connectivity index (χ1v) is 6.14. The first-order valence-electron chi connectivity index (χ1n) is 5.35. The number of nitrogens with zero attached hydrogens (tertiary/aromatic N) is 1. The fourth-order valence-corrected chi connectivity index (χ4v) is 1.86. The highest BCUT2D eigenvalue weighted by Crippen LogP contribution is 2.34. The lowest BCUT2D eigenvalue weighted by molar-refractivity contribution is -0.385. The monoisotopic (exact) mass is 325 g/mol. The molecule has 4 nitrogen and oxygen atoms in total. The summed E-state index contributed by atoms with van der Waals surface area (Å²) in [7, 11) is 0. The molecule has 2 aromatic carbocycles. The second kappa shape index (κ2) is 5.36. The maximum atomic E-state index is 13.2. The summed E-state index contributed by atoms with van der Waals surface area (Å²) in [6, 6.07) is 8.39. The van der Waals surface area contributed by atoms with E-state index >= 15 is 0 Å². The van der Waals surface area contributed by atoms with Gasteiger partial charge in [0.25, 0.3) is 0 Å². The summed E-state index contributed by atoms with van der Waals surface area (Å²) in [6.45, 7) is 1.80. The minimum Gasteiger partial charge on any atom is -0.450 e. The number of rotatable bonds is 3. The Morgan fingerprint density at radius 1 is 1.21 bits per heavy atom. The number of halogens is 2. The highest BCUT2D eigenvalue weighted by Gasteiger charge is 2.17. The molecule has 2 rings (SSSR count). The predicted molar refractivity (Wildman–Crippen MR) is 72.0 cm³/mol. The third kappa shape index (κ3) is 3.08. The molecule has 0 aliphatic heterocycles. The molecule has 0 unspecified atom stereocenters. The molecule has 2 aromatic rings. The van der Waals surface area contributed by atoms with Gasteiger partial charge in [0.1, 0.15) is 11.6 Å². The summed E-state index contributed by atoms with van der Waals surface area (Å²) in [5.41, 5.74) is 0.516. The van der Waals surface area contributed by atoms with Gasteiger partial charge in [0.15, 0.2) is 0 Å². The molecule has 0 aromatic heterocycles. The molecule has 19 heavy (non-hydrogen) atoms. The highest BCUT2D eigenvalue weighted by molar-refractivity contribution is 9.10. The van der Waals surface area contributed by atoms with Crippen LogP contribution in [0, 0.1) is 22.9 Å². The molecule has 98 valence electrons. The molecule has 0 heterocycles. The normalized spacial score (nSPS) is 10.3. The summed E-state index contributed by atoms with van der Waals surface area (Å²) in [4.78, 5) is 10.3. The Morgan fingerprint density at radius 3 is 2.63 bits per heavy atom. The van der Waals surface area contributed by atoms with Crippen LogP contribution in [0.15, 0.2) is 40.9 Å². The van der Waals surface area contributed by atoms with Crippen LogP contribution in [0.1, 0.15) is 5.56 Å². The van der Waals surface area contributed by atoms with Gasteiger partial charge in [-0.15, -0.1) is 0 Å². The molecule has 0 atom stereocenters. The van der Waals surface area contributed by atoms with Crippen molar-refractivity contribution in [1.29, 1.82) is 0 Å². The average Bonchev–Trinajstić information content (AvgIpc) is 2.33. The van der Waals surface area contributed by atoms with E-state index in [1.165, 1.54) is 0 Å². The van der Waals surface area contributed by atoms with Crippen molar-refractivity contribution in [2.24, 2.45) is 0 Å². The molecule has 0 aliphatic carbocycles. The molecule has 0 saturated carbocycles. The van der Waals surface area contributed by atoms with E-state index in [0.29, 0.717) is 5.75 Å². The lowest BCUT2D eigenvalue weighted by atomic mass is 10.2. The standard InChI is InChI=1S/C13H9BrFNO3/c1-8-2-3-9(14)6-12(8)19-13-7-10(15)4-5-11(13)16(17)18/h2-7H,1H3. The third-order valence-corrected chi connectivity index (χ3v) is 2.98. The molecule has 6 heteroatoms. The topological polar surface area (TPSA) is 52.4 Å². The van der Waals surface area contributed by atoms with Crippen LogP contribution in [0.25, 0.3) is 0 Å². The molecular formula is C13H9BrFNO3. The fourth-order valence-electron chi connectivity index (χ4n) is 1.52. The van der Waals surface area contributed by atoms with Crippen LogP contribution in [0.4, 0.5) is 10.1 Å². The fraction of sp³-hybridized carbons (Fsp3) is 0.0769. The smallest absolute Gasteiger partial charge is 0.311 e. The average molecular weight is 326 g/mol. The number of ether oxygens (including phenoxy) is 1. The Bertz CT molecular complexity index is 646. The van der Waals surface area contributed by atoms with Crippen molar-refractivity contribution in [3.05, 3.63) is 62.4 Å². The number of hydrogen-bond donors (Lipinski definition) is 0. The minimum absolute atomic E-state index is 0.119. The Morgan fingerprint density at radius 2 is 1.95 bits per heavy atom. The first kappa shape index (κ1) is 13.5. The van der Waals surface area contributed by atoms with Gasteiger partial charge < -0.3 is 4.74 Å². The molecule has 0 fully saturated rings. The molecule has 0 N–H and O–H groups in total. The van der Waals surface area contributed by atoms with Crippen molar-refractivity contribution >= 4 is 21.6 Å². The Balaban J connectivity index is 2.45. The van der Waals surface area contributed by atoms with E-state index in [1.807, 2.05) is 6.07 Å². The maximum Gasteiger partial charge on any atom is 0.311 e. The largest absolute Gasteiger partial charge is 0.450 e. The summed E-state index contributed by atoms with van der Waals surface area (Å²) in [6.07, 6.45) is 0. The van der Waals surface area contributed by atoms with Crippen LogP contribution >= 0.6 is 15.9 Å². The summed E-state index contributed by atoms with van der Waals surface area (Å²) in [5.74, 6) is -0.275. The summed E-state index contributed by atoms with van der Waals surface area (Å²) >= 11 is 3.28. The van der Waals surface area contributed by atoms with E-state index in [2.05, 4.69) is 15.9 Å². The van der Waals surface area contributed by atoms with Crippen LogP contribution in [0.5, 0.6) is 11.5 Å². The highest BCUT2D eigenvalue weighted by atomic mass is 79.9. The van der Waals surface area contributed by atoms with Gasteiger partial charge in [0.05, 0.1) is 4.92 Å². The van der Waals surface area contributed by atoms with Crippen LogP contribution in [0.2, 0.25) is 0 Å². The van der Waals surface area contributed by atoms with Gasteiger partial charge in [-0.05, 0) is 30.7 Å². The van der Waals surface area contributed by atoms with Crippen molar-refractivity contribution in [2.75, 3.05) is 0 Å². The van der Waals surface area contributed by atoms with Crippen LogP contribution in [0.3, 0.4) is 0 Å². The van der Waals surface area contributed by atoms with Gasteiger partial charge in [-0.3, -0.25) is 10.1 Å². The Labute approximate surface area is 117 Å². The quantitative estimate of drug-likeness (QED) is 0.612. The van der Waals surface area contributed by atoms with Crippen LogP contribution in [-0.4, -0.2) is 4.92 Å². The number of aryl methyl sites for hydroxylation is 1. The number of nitro groups is 1. The zero-order valence-corrected chi connectivity index (χ0v) is 11.5. The van der Waals surface area contributed by atoms with Gasteiger partial charge in [0.2, 0.25) is 5.75 Å². The summed E-state index contributed by atoms with van der Waals surface area (Å²) in [5, 5.41) is 10.9. The predicted octanol–water partition coefficient (Wildman–Crippen LogP) is 4.60. The first-order chi connectivity index (χ1) is 8.97. The van der Waals surface area contributed by atoms with Crippen molar-refractivity contribution in [1.82, 2.24) is 0 Å². The maximum absolute atomic E-state index is 13.2. The molecule has 0 spiro atoms. The van der Waals surface area contributed by atoms with E-state index in [1.54, 1.807) is 19.1 Å². The zero-order valence-electron chi connectivity index (χ0n) is 9.89. The van der Waals surface area contributed by atoms with E-state index in [-0.39, 0.29) is 11.4 Å². The Hall–Kier alpha value is -1.95. The molecule has 0 aliphatic rings. The molecule has 0 radical (unpaired) electrons. The minimum atomic E-state index is -0.609. The van der Waals surface area contributed by atoms with Crippen molar-refractivity contribution < 1.29 is 14.1 Å².